The van der Waals surface area contributed by atoms with E-state index >= 15 is 0 Å². The Hall–Kier alpha value is -2.38. The summed E-state index contributed by atoms with van der Waals surface area (Å²) in [7, 11) is 0. The molecule has 0 heterocycles. The van der Waals surface area contributed by atoms with Crippen LogP contribution in [0.2, 0.25) is 0 Å². The molecular formula is C16H14FNO2. The summed E-state index contributed by atoms with van der Waals surface area (Å²) >= 11 is 0. The third kappa shape index (κ3) is 3.14. The second-order valence-electron chi connectivity index (χ2n) is 4.42. The average Bonchev–Trinajstić information content (AvgIpc) is 2.46. The number of nitrogens with zero attached hydrogens (tertiary/aromatic N) is 1. The fourth-order valence-electron chi connectivity index (χ4n) is 1.85. The van der Waals surface area contributed by atoms with Crippen LogP contribution in [0.15, 0.2) is 42.5 Å². The Morgan fingerprint density at radius 2 is 2.05 bits per heavy atom. The molecule has 1 atom stereocenters. The third-order valence-corrected chi connectivity index (χ3v) is 2.93. The number of halogens is 1. The molecule has 0 aliphatic rings. The highest BCUT2D eigenvalue weighted by atomic mass is 19.1. The fourth-order valence-corrected chi connectivity index (χ4v) is 1.85. The normalized spacial score (nSPS) is 11.7. The molecule has 2 rings (SSSR count). The van der Waals surface area contributed by atoms with Crippen molar-refractivity contribution in [2.24, 2.45) is 0 Å². The molecule has 1 N–H and O–H groups in total. The molecule has 0 spiro atoms. The van der Waals surface area contributed by atoms with Crippen molar-refractivity contribution >= 4 is 0 Å². The molecule has 20 heavy (non-hydrogen) atoms. The molecule has 0 bridgehead atoms. The molecule has 0 amide bonds. The lowest BCUT2D eigenvalue weighted by atomic mass is 10.1. The molecule has 0 aromatic heterocycles. The van der Waals surface area contributed by atoms with E-state index in [1.165, 1.54) is 12.1 Å². The summed E-state index contributed by atoms with van der Waals surface area (Å²) in [4.78, 5) is 0. The Morgan fingerprint density at radius 1 is 1.30 bits per heavy atom. The average molecular weight is 271 g/mol. The molecular weight excluding hydrogens is 257 g/mol. The summed E-state index contributed by atoms with van der Waals surface area (Å²) in [6.45, 7) is 1.69. The van der Waals surface area contributed by atoms with Gasteiger partial charge < -0.3 is 9.84 Å². The van der Waals surface area contributed by atoms with Crippen molar-refractivity contribution < 1.29 is 14.2 Å². The number of ether oxygens (including phenoxy) is 1. The number of benzene rings is 2. The van der Waals surface area contributed by atoms with Gasteiger partial charge in [0.2, 0.25) is 0 Å². The third-order valence-electron chi connectivity index (χ3n) is 2.93. The zero-order valence-corrected chi connectivity index (χ0v) is 11.0. The van der Waals surface area contributed by atoms with Crippen LogP contribution in [0.25, 0.3) is 0 Å². The highest BCUT2D eigenvalue weighted by Crippen LogP contribution is 2.25. The maximum absolute atomic E-state index is 13.7. The van der Waals surface area contributed by atoms with Crippen LogP contribution in [0.4, 0.5) is 4.39 Å². The van der Waals surface area contributed by atoms with E-state index in [4.69, 9.17) is 10.00 Å². The van der Waals surface area contributed by atoms with Gasteiger partial charge in [-0.1, -0.05) is 24.3 Å². The van der Waals surface area contributed by atoms with Gasteiger partial charge in [-0.25, -0.2) is 4.39 Å². The van der Waals surface area contributed by atoms with Crippen LogP contribution >= 0.6 is 0 Å². The van der Waals surface area contributed by atoms with Gasteiger partial charge in [0.15, 0.2) is 0 Å². The van der Waals surface area contributed by atoms with E-state index in [0.717, 1.165) is 0 Å². The fraction of sp³-hybridized carbons (Fsp3) is 0.188. The van der Waals surface area contributed by atoms with Crippen LogP contribution < -0.4 is 4.74 Å². The van der Waals surface area contributed by atoms with Crippen LogP contribution in [-0.2, 0) is 6.61 Å². The van der Waals surface area contributed by atoms with Crippen molar-refractivity contribution in [3.63, 3.8) is 0 Å². The van der Waals surface area contributed by atoms with E-state index < -0.39 is 11.9 Å². The SMILES string of the molecule is C[C@H](O)c1ccccc1OCc1ccc(C#N)cc1F. The largest absolute Gasteiger partial charge is 0.488 e. The molecule has 102 valence electrons. The number of rotatable bonds is 4. The van der Waals surface area contributed by atoms with Crippen molar-refractivity contribution in [1.29, 1.82) is 5.26 Å². The topological polar surface area (TPSA) is 53.2 Å². The molecule has 0 saturated heterocycles. The van der Waals surface area contributed by atoms with Crippen molar-refractivity contribution in [2.75, 3.05) is 0 Å². The second-order valence-corrected chi connectivity index (χ2v) is 4.42. The minimum absolute atomic E-state index is 0.0429. The molecule has 2 aromatic carbocycles. The monoisotopic (exact) mass is 271 g/mol. The highest BCUT2D eigenvalue weighted by Gasteiger charge is 2.10. The quantitative estimate of drug-likeness (QED) is 0.928. The molecule has 3 nitrogen and oxygen atoms in total. The van der Waals surface area contributed by atoms with Crippen molar-refractivity contribution in [3.8, 4) is 11.8 Å². The van der Waals surface area contributed by atoms with E-state index in [1.54, 1.807) is 37.3 Å². The van der Waals surface area contributed by atoms with E-state index in [1.807, 2.05) is 6.07 Å². The number of hydrogen-bond acceptors (Lipinski definition) is 3. The van der Waals surface area contributed by atoms with Gasteiger partial charge in [-0.2, -0.15) is 5.26 Å². The lowest BCUT2D eigenvalue weighted by Crippen LogP contribution is -2.02. The first-order chi connectivity index (χ1) is 9.61. The van der Waals surface area contributed by atoms with Gasteiger partial charge in [0, 0.05) is 11.1 Å². The lowest BCUT2D eigenvalue weighted by molar-refractivity contribution is 0.190. The molecule has 0 fully saturated rings. The Labute approximate surface area is 116 Å². The Kier molecular flexibility index (Phi) is 4.34. The minimum atomic E-state index is -0.656. The van der Waals surface area contributed by atoms with Crippen LogP contribution in [0.1, 0.15) is 29.7 Å². The van der Waals surface area contributed by atoms with Gasteiger partial charge in [-0.15, -0.1) is 0 Å². The van der Waals surface area contributed by atoms with Crippen molar-refractivity contribution in [1.82, 2.24) is 0 Å². The molecule has 0 saturated carbocycles. The van der Waals surface area contributed by atoms with Gasteiger partial charge in [-0.3, -0.25) is 0 Å². The van der Waals surface area contributed by atoms with E-state index in [9.17, 15) is 9.50 Å². The maximum Gasteiger partial charge on any atom is 0.131 e. The second kappa shape index (κ2) is 6.18. The number of nitriles is 1. The Balaban J connectivity index is 2.15. The molecule has 0 aliphatic carbocycles. The van der Waals surface area contributed by atoms with E-state index in [-0.39, 0.29) is 12.2 Å². The molecule has 2 aromatic rings. The van der Waals surface area contributed by atoms with Crippen LogP contribution in [-0.4, -0.2) is 5.11 Å². The summed E-state index contributed by atoms with van der Waals surface area (Å²) in [5, 5.41) is 18.3. The lowest BCUT2D eigenvalue weighted by Gasteiger charge is -2.13. The molecule has 0 aliphatic heterocycles. The van der Waals surface area contributed by atoms with Crippen LogP contribution in [0.3, 0.4) is 0 Å². The predicted octanol–water partition coefficient (Wildman–Crippen LogP) is 3.33. The number of aliphatic hydroxyl groups is 1. The van der Waals surface area contributed by atoms with Gasteiger partial charge in [0.05, 0.1) is 17.7 Å². The first-order valence-corrected chi connectivity index (χ1v) is 6.20. The van der Waals surface area contributed by atoms with Crippen molar-refractivity contribution in [3.05, 3.63) is 65.0 Å². The first kappa shape index (κ1) is 14.0. The number of para-hydroxylation sites is 1. The number of aliphatic hydroxyl groups excluding tert-OH is 1. The van der Waals surface area contributed by atoms with E-state index in [2.05, 4.69) is 0 Å². The zero-order chi connectivity index (χ0) is 14.5. The van der Waals surface area contributed by atoms with Crippen LogP contribution in [0.5, 0.6) is 5.75 Å². The van der Waals surface area contributed by atoms with Gasteiger partial charge in [0.1, 0.15) is 18.2 Å². The summed E-state index contributed by atoms with van der Waals surface area (Å²) in [5.41, 5.74) is 1.29. The highest BCUT2D eigenvalue weighted by molar-refractivity contribution is 5.36. The summed E-state index contributed by atoms with van der Waals surface area (Å²) < 4.78 is 19.3. The first-order valence-electron chi connectivity index (χ1n) is 6.20. The predicted molar refractivity (Wildman–Crippen MR) is 72.5 cm³/mol. The summed E-state index contributed by atoms with van der Waals surface area (Å²) in [6.07, 6.45) is -0.656. The zero-order valence-electron chi connectivity index (χ0n) is 11.0. The molecule has 0 radical (unpaired) electrons. The van der Waals surface area contributed by atoms with Gasteiger partial charge in [-0.05, 0) is 25.1 Å². The maximum atomic E-state index is 13.7. The Morgan fingerprint density at radius 3 is 2.70 bits per heavy atom. The van der Waals surface area contributed by atoms with Crippen LogP contribution in [0, 0.1) is 17.1 Å². The molecule has 0 unspecified atom stereocenters. The van der Waals surface area contributed by atoms with Crippen molar-refractivity contribution in [2.45, 2.75) is 19.6 Å². The molecule has 4 heteroatoms. The van der Waals surface area contributed by atoms with E-state index in [0.29, 0.717) is 16.9 Å². The minimum Gasteiger partial charge on any atom is -0.488 e. The standard InChI is InChI=1S/C16H14FNO2/c1-11(19)14-4-2-3-5-16(14)20-10-13-7-6-12(9-18)8-15(13)17/h2-8,11,19H,10H2,1H3/t11-/m0/s1. The smallest absolute Gasteiger partial charge is 0.131 e. The number of hydrogen-bond donors (Lipinski definition) is 1. The Bertz CT molecular complexity index is 647. The van der Waals surface area contributed by atoms with Gasteiger partial charge in [0.25, 0.3) is 0 Å². The van der Waals surface area contributed by atoms with Gasteiger partial charge >= 0.3 is 0 Å². The summed E-state index contributed by atoms with van der Waals surface area (Å²) in [5.74, 6) is 0.0461. The summed E-state index contributed by atoms with van der Waals surface area (Å²) in [6, 6.07) is 13.2.